The summed E-state index contributed by atoms with van der Waals surface area (Å²) in [5, 5.41) is 12.9. The SMILES string of the molecule is Cc1ccc(Nc2nc(NN)c3c(c2C#N)CC(C)(C)OC3)cc1. The van der Waals surface area contributed by atoms with E-state index in [1.54, 1.807) is 0 Å². The second-order valence-corrected chi connectivity index (χ2v) is 6.61. The molecule has 0 amide bonds. The lowest BCUT2D eigenvalue weighted by Crippen LogP contribution is -2.33. The van der Waals surface area contributed by atoms with Crippen LogP contribution >= 0.6 is 0 Å². The molecule has 0 atom stereocenters. The molecule has 3 rings (SSSR count). The van der Waals surface area contributed by atoms with E-state index in [2.05, 4.69) is 21.8 Å². The highest BCUT2D eigenvalue weighted by molar-refractivity contribution is 5.70. The van der Waals surface area contributed by atoms with Crippen molar-refractivity contribution in [1.29, 1.82) is 5.26 Å². The minimum absolute atomic E-state index is 0.326. The number of benzene rings is 1. The Balaban J connectivity index is 2.09. The van der Waals surface area contributed by atoms with Gasteiger partial charge >= 0.3 is 0 Å². The Morgan fingerprint density at radius 2 is 1.92 bits per heavy atom. The lowest BCUT2D eigenvalue weighted by molar-refractivity contribution is -0.0399. The zero-order valence-corrected chi connectivity index (χ0v) is 14.1. The fraction of sp³-hybridized carbons (Fsp3) is 0.333. The van der Waals surface area contributed by atoms with Gasteiger partial charge in [-0.15, -0.1) is 0 Å². The Morgan fingerprint density at radius 1 is 1.21 bits per heavy atom. The van der Waals surface area contributed by atoms with Crippen LogP contribution in [0.5, 0.6) is 0 Å². The van der Waals surface area contributed by atoms with Crippen molar-refractivity contribution in [3.05, 3.63) is 46.5 Å². The van der Waals surface area contributed by atoms with Crippen LogP contribution in [0, 0.1) is 18.3 Å². The number of hydrazine groups is 1. The van der Waals surface area contributed by atoms with Crippen LogP contribution in [0.4, 0.5) is 17.3 Å². The van der Waals surface area contributed by atoms with Crippen molar-refractivity contribution in [3.8, 4) is 6.07 Å². The van der Waals surface area contributed by atoms with Gasteiger partial charge in [0.2, 0.25) is 0 Å². The highest BCUT2D eigenvalue weighted by Crippen LogP contribution is 2.36. The molecule has 0 fully saturated rings. The van der Waals surface area contributed by atoms with E-state index in [0.717, 1.165) is 16.8 Å². The van der Waals surface area contributed by atoms with E-state index in [9.17, 15) is 5.26 Å². The summed E-state index contributed by atoms with van der Waals surface area (Å²) in [5.74, 6) is 6.68. The monoisotopic (exact) mass is 323 g/mol. The zero-order chi connectivity index (χ0) is 17.3. The number of nitriles is 1. The van der Waals surface area contributed by atoms with E-state index in [-0.39, 0.29) is 5.60 Å². The first-order chi connectivity index (χ1) is 11.4. The number of anilines is 3. The third-order valence-electron chi connectivity index (χ3n) is 4.18. The number of nitrogens with two attached hydrogens (primary N) is 1. The first-order valence-corrected chi connectivity index (χ1v) is 7.83. The lowest BCUT2D eigenvalue weighted by atomic mass is 9.89. The maximum atomic E-state index is 9.71. The number of fused-ring (bicyclic) bond motifs is 1. The number of aromatic nitrogens is 1. The largest absolute Gasteiger partial charge is 0.370 e. The summed E-state index contributed by atoms with van der Waals surface area (Å²) < 4.78 is 5.84. The van der Waals surface area contributed by atoms with Gasteiger partial charge in [0.05, 0.1) is 17.8 Å². The van der Waals surface area contributed by atoms with Crippen molar-refractivity contribution in [2.75, 3.05) is 10.7 Å². The van der Waals surface area contributed by atoms with Gasteiger partial charge in [0.25, 0.3) is 0 Å². The smallest absolute Gasteiger partial charge is 0.151 e. The van der Waals surface area contributed by atoms with Crippen LogP contribution in [0.25, 0.3) is 0 Å². The Hall–Kier alpha value is -2.62. The molecule has 0 radical (unpaired) electrons. The predicted octanol–water partition coefficient (Wildman–Crippen LogP) is 3.14. The average Bonchev–Trinajstić information content (AvgIpc) is 2.55. The quantitative estimate of drug-likeness (QED) is 0.593. The molecule has 0 aliphatic carbocycles. The molecular weight excluding hydrogens is 302 g/mol. The molecular formula is C18H21N5O. The molecule has 0 unspecified atom stereocenters. The van der Waals surface area contributed by atoms with E-state index in [1.165, 1.54) is 5.56 Å². The fourth-order valence-corrected chi connectivity index (χ4v) is 2.87. The van der Waals surface area contributed by atoms with E-state index in [0.29, 0.717) is 30.2 Å². The van der Waals surface area contributed by atoms with Crippen molar-refractivity contribution < 1.29 is 4.74 Å². The highest BCUT2D eigenvalue weighted by Gasteiger charge is 2.31. The van der Waals surface area contributed by atoms with Crippen LogP contribution in [0.2, 0.25) is 0 Å². The minimum atomic E-state index is -0.326. The van der Waals surface area contributed by atoms with Gasteiger partial charge < -0.3 is 15.5 Å². The van der Waals surface area contributed by atoms with Gasteiger partial charge in [-0.25, -0.2) is 10.8 Å². The van der Waals surface area contributed by atoms with Gasteiger partial charge in [-0.05, 0) is 38.5 Å². The Kier molecular flexibility index (Phi) is 4.14. The van der Waals surface area contributed by atoms with Gasteiger partial charge in [0, 0.05) is 17.7 Å². The van der Waals surface area contributed by atoms with Crippen LogP contribution in [0.15, 0.2) is 24.3 Å². The molecule has 0 saturated carbocycles. The maximum absolute atomic E-state index is 9.71. The van der Waals surface area contributed by atoms with Crippen LogP contribution in [-0.2, 0) is 17.8 Å². The second-order valence-electron chi connectivity index (χ2n) is 6.61. The van der Waals surface area contributed by atoms with E-state index in [4.69, 9.17) is 10.6 Å². The molecule has 4 N–H and O–H groups in total. The Morgan fingerprint density at radius 3 is 2.54 bits per heavy atom. The Labute approximate surface area is 141 Å². The summed E-state index contributed by atoms with van der Waals surface area (Å²) in [6.45, 7) is 6.44. The molecule has 1 aromatic carbocycles. The number of hydrogen-bond donors (Lipinski definition) is 3. The molecule has 2 heterocycles. The summed E-state index contributed by atoms with van der Waals surface area (Å²) in [5.41, 5.74) is 6.67. The van der Waals surface area contributed by atoms with Crippen molar-refractivity contribution in [3.63, 3.8) is 0 Å². The summed E-state index contributed by atoms with van der Waals surface area (Å²) in [4.78, 5) is 4.49. The van der Waals surface area contributed by atoms with Gasteiger partial charge in [0.15, 0.2) is 5.82 Å². The molecule has 0 saturated heterocycles. The van der Waals surface area contributed by atoms with Gasteiger partial charge in [0.1, 0.15) is 11.9 Å². The van der Waals surface area contributed by atoms with E-state index < -0.39 is 0 Å². The van der Waals surface area contributed by atoms with E-state index in [1.807, 2.05) is 45.0 Å². The van der Waals surface area contributed by atoms with Gasteiger partial charge in [-0.1, -0.05) is 17.7 Å². The Bertz CT molecular complexity index is 806. The molecule has 1 aliphatic heterocycles. The first-order valence-electron chi connectivity index (χ1n) is 7.83. The van der Waals surface area contributed by atoms with Crippen LogP contribution in [0.1, 0.15) is 36.1 Å². The summed E-state index contributed by atoms with van der Waals surface area (Å²) >= 11 is 0. The van der Waals surface area contributed by atoms with Crippen molar-refractivity contribution >= 4 is 17.3 Å². The highest BCUT2D eigenvalue weighted by atomic mass is 16.5. The minimum Gasteiger partial charge on any atom is -0.370 e. The molecule has 6 heteroatoms. The van der Waals surface area contributed by atoms with Crippen LogP contribution in [-0.4, -0.2) is 10.6 Å². The number of nitrogen functional groups attached to an aromatic ring is 1. The maximum Gasteiger partial charge on any atom is 0.151 e. The third kappa shape index (κ3) is 3.04. The molecule has 24 heavy (non-hydrogen) atoms. The molecule has 1 aliphatic rings. The summed E-state index contributed by atoms with van der Waals surface area (Å²) in [6, 6.07) is 10.2. The topological polar surface area (TPSA) is 96.0 Å². The normalized spacial score (nSPS) is 15.3. The van der Waals surface area contributed by atoms with Gasteiger partial charge in [-0.3, -0.25) is 0 Å². The molecule has 2 aromatic rings. The number of nitrogens with one attached hydrogen (secondary N) is 2. The van der Waals surface area contributed by atoms with Crippen LogP contribution in [0.3, 0.4) is 0 Å². The number of rotatable bonds is 3. The number of nitrogens with zero attached hydrogens (tertiary/aromatic N) is 2. The van der Waals surface area contributed by atoms with Crippen molar-refractivity contribution in [2.24, 2.45) is 5.84 Å². The fourth-order valence-electron chi connectivity index (χ4n) is 2.87. The summed E-state index contributed by atoms with van der Waals surface area (Å²) in [7, 11) is 0. The van der Waals surface area contributed by atoms with Crippen molar-refractivity contribution in [2.45, 2.75) is 39.4 Å². The molecule has 0 bridgehead atoms. The van der Waals surface area contributed by atoms with Crippen LogP contribution < -0.4 is 16.6 Å². The number of pyridine rings is 1. The second kappa shape index (κ2) is 6.11. The molecule has 0 spiro atoms. The number of ether oxygens (including phenoxy) is 1. The predicted molar refractivity (Wildman–Crippen MR) is 93.8 cm³/mol. The van der Waals surface area contributed by atoms with E-state index >= 15 is 0 Å². The zero-order valence-electron chi connectivity index (χ0n) is 14.1. The average molecular weight is 323 g/mol. The molecule has 6 nitrogen and oxygen atoms in total. The lowest BCUT2D eigenvalue weighted by Gasteiger charge is -2.33. The third-order valence-corrected chi connectivity index (χ3v) is 4.18. The number of aryl methyl sites for hydroxylation is 1. The summed E-state index contributed by atoms with van der Waals surface area (Å²) in [6.07, 6.45) is 0.630. The number of hydrogen-bond acceptors (Lipinski definition) is 6. The van der Waals surface area contributed by atoms with Gasteiger partial charge in [-0.2, -0.15) is 5.26 Å². The molecule has 1 aromatic heterocycles. The molecule has 124 valence electrons. The van der Waals surface area contributed by atoms with Crippen molar-refractivity contribution in [1.82, 2.24) is 4.98 Å². The standard InChI is InChI=1S/C18H21N5O/c1-11-4-6-12(7-5-11)21-16-14(9-19)13-8-18(2,3)24-10-15(13)17(22-16)23-20/h4-7H,8,10,20H2,1-3H3,(H2,21,22,23). The first kappa shape index (κ1) is 16.2.